The van der Waals surface area contributed by atoms with Gasteiger partial charge in [-0.2, -0.15) is 0 Å². The van der Waals surface area contributed by atoms with Crippen LogP contribution in [0.3, 0.4) is 0 Å². The number of halogens is 1. The van der Waals surface area contributed by atoms with Crippen LogP contribution in [0.2, 0.25) is 0 Å². The fraction of sp³-hybridized carbons (Fsp3) is 0.538. The largest absolute Gasteiger partial charge is 0.493 e. The zero-order valence-corrected chi connectivity index (χ0v) is 11.3. The summed E-state index contributed by atoms with van der Waals surface area (Å²) < 4.78 is 12.1. The van der Waals surface area contributed by atoms with Gasteiger partial charge >= 0.3 is 0 Å². The van der Waals surface area contributed by atoms with E-state index in [0.717, 1.165) is 41.7 Å². The van der Waals surface area contributed by atoms with Crippen molar-refractivity contribution in [2.75, 3.05) is 13.2 Å². The Morgan fingerprint density at radius 2 is 2.35 bits per heavy atom. The Hall–Kier alpha value is -0.580. The van der Waals surface area contributed by atoms with Crippen LogP contribution >= 0.6 is 15.9 Å². The molecule has 0 saturated carbocycles. The van der Waals surface area contributed by atoms with Crippen LogP contribution in [0, 0.1) is 0 Å². The minimum absolute atomic E-state index is 0.0174. The average Bonchev–Trinajstić information content (AvgIpc) is 2.84. The molecule has 0 spiro atoms. The molecule has 1 fully saturated rings. The van der Waals surface area contributed by atoms with Crippen LogP contribution in [0.5, 0.6) is 5.75 Å². The molecule has 0 aromatic heterocycles. The highest BCUT2D eigenvalue weighted by Gasteiger charge is 2.15. The van der Waals surface area contributed by atoms with Crippen molar-refractivity contribution < 1.29 is 14.6 Å². The van der Waals surface area contributed by atoms with Crippen LogP contribution in [0.25, 0.3) is 0 Å². The molecule has 1 aliphatic rings. The van der Waals surface area contributed by atoms with E-state index in [1.807, 2.05) is 18.2 Å². The highest BCUT2D eigenvalue weighted by Crippen LogP contribution is 2.23. The fourth-order valence-corrected chi connectivity index (χ4v) is 2.31. The van der Waals surface area contributed by atoms with E-state index in [9.17, 15) is 0 Å². The van der Waals surface area contributed by atoms with E-state index < -0.39 is 0 Å². The van der Waals surface area contributed by atoms with Gasteiger partial charge in [-0.15, -0.1) is 0 Å². The molecule has 0 bridgehead atoms. The zero-order chi connectivity index (χ0) is 12.1. The lowest BCUT2D eigenvalue weighted by atomic mass is 10.2. The fourth-order valence-electron chi connectivity index (χ4n) is 1.94. The van der Waals surface area contributed by atoms with Gasteiger partial charge < -0.3 is 14.6 Å². The Bertz CT molecular complexity index is 362. The normalized spacial score (nSPS) is 19.5. The molecule has 0 amide bonds. The van der Waals surface area contributed by atoms with Crippen molar-refractivity contribution in [3.63, 3.8) is 0 Å². The third-order valence-corrected chi connectivity index (χ3v) is 3.69. The van der Waals surface area contributed by atoms with Gasteiger partial charge in [-0.1, -0.05) is 15.9 Å². The summed E-state index contributed by atoms with van der Waals surface area (Å²) in [6.45, 7) is 1.57. The van der Waals surface area contributed by atoms with Crippen molar-refractivity contribution in [3.05, 3.63) is 28.2 Å². The van der Waals surface area contributed by atoms with E-state index in [-0.39, 0.29) is 6.61 Å². The van der Waals surface area contributed by atoms with Gasteiger partial charge in [0.05, 0.1) is 19.3 Å². The molecule has 1 aromatic rings. The van der Waals surface area contributed by atoms with Crippen molar-refractivity contribution in [1.29, 1.82) is 0 Å². The summed E-state index contributed by atoms with van der Waals surface area (Å²) in [6, 6.07) is 5.66. The van der Waals surface area contributed by atoms with Crippen molar-refractivity contribution >= 4 is 15.9 Å². The van der Waals surface area contributed by atoms with Crippen molar-refractivity contribution in [1.82, 2.24) is 0 Å². The quantitative estimate of drug-likeness (QED) is 0.909. The molecule has 1 atom stereocenters. The second-order valence-corrected chi connectivity index (χ2v) is 5.04. The lowest BCUT2D eigenvalue weighted by molar-refractivity contribution is 0.0903. The second-order valence-electron chi connectivity index (χ2n) is 4.18. The number of ether oxygens (including phenoxy) is 2. The molecule has 1 aromatic carbocycles. The Labute approximate surface area is 110 Å². The Balaban J connectivity index is 1.81. The maximum absolute atomic E-state index is 9.14. The van der Waals surface area contributed by atoms with Crippen molar-refractivity contribution in [2.45, 2.75) is 32.0 Å². The molecule has 0 radical (unpaired) electrons. The predicted molar refractivity (Wildman–Crippen MR) is 69.2 cm³/mol. The molecule has 2 rings (SSSR count). The number of rotatable bonds is 5. The highest BCUT2D eigenvalue weighted by atomic mass is 79.9. The first-order chi connectivity index (χ1) is 8.29. The smallest absolute Gasteiger partial charge is 0.119 e. The van der Waals surface area contributed by atoms with Gasteiger partial charge in [-0.3, -0.25) is 0 Å². The summed E-state index contributed by atoms with van der Waals surface area (Å²) in [7, 11) is 0. The topological polar surface area (TPSA) is 38.7 Å². The predicted octanol–water partition coefficient (Wildman–Crippen LogP) is 2.89. The van der Waals surface area contributed by atoms with E-state index >= 15 is 0 Å². The van der Waals surface area contributed by atoms with E-state index in [2.05, 4.69) is 15.9 Å². The Morgan fingerprint density at radius 3 is 3.06 bits per heavy atom. The maximum Gasteiger partial charge on any atom is 0.119 e. The number of aliphatic hydroxyl groups is 1. The first-order valence-corrected chi connectivity index (χ1v) is 6.72. The molecule has 1 saturated heterocycles. The summed E-state index contributed by atoms with van der Waals surface area (Å²) in [5, 5.41) is 9.14. The van der Waals surface area contributed by atoms with Gasteiger partial charge in [0.1, 0.15) is 5.75 Å². The molecule has 94 valence electrons. The molecule has 1 aliphatic heterocycles. The van der Waals surface area contributed by atoms with Crippen LogP contribution in [0.4, 0.5) is 0 Å². The van der Waals surface area contributed by atoms with E-state index in [4.69, 9.17) is 14.6 Å². The lowest BCUT2D eigenvalue weighted by Crippen LogP contribution is -2.10. The minimum atomic E-state index is 0.0174. The first kappa shape index (κ1) is 12.9. The van der Waals surface area contributed by atoms with Crippen LogP contribution < -0.4 is 4.74 Å². The number of aliphatic hydroxyl groups excluding tert-OH is 1. The van der Waals surface area contributed by atoms with Crippen molar-refractivity contribution in [3.8, 4) is 5.75 Å². The van der Waals surface area contributed by atoms with Crippen LogP contribution in [0.15, 0.2) is 22.7 Å². The highest BCUT2D eigenvalue weighted by molar-refractivity contribution is 9.10. The average molecular weight is 301 g/mol. The molecular weight excluding hydrogens is 284 g/mol. The molecule has 3 nitrogen and oxygen atoms in total. The molecule has 1 N–H and O–H groups in total. The van der Waals surface area contributed by atoms with E-state index in [0.29, 0.717) is 12.7 Å². The lowest BCUT2D eigenvalue weighted by Gasteiger charge is -2.11. The third kappa shape index (κ3) is 3.69. The molecule has 17 heavy (non-hydrogen) atoms. The van der Waals surface area contributed by atoms with Gasteiger partial charge in [0.2, 0.25) is 0 Å². The van der Waals surface area contributed by atoms with Gasteiger partial charge in [-0.05, 0) is 36.6 Å². The SMILES string of the molecule is OCc1cc(OCCC2CCCO2)ccc1Br. The van der Waals surface area contributed by atoms with Gasteiger partial charge in [0.25, 0.3) is 0 Å². The van der Waals surface area contributed by atoms with Crippen LogP contribution in [0.1, 0.15) is 24.8 Å². The van der Waals surface area contributed by atoms with Gasteiger partial charge in [0, 0.05) is 17.5 Å². The number of hydrogen-bond donors (Lipinski definition) is 1. The Morgan fingerprint density at radius 1 is 1.47 bits per heavy atom. The first-order valence-electron chi connectivity index (χ1n) is 5.93. The maximum atomic E-state index is 9.14. The number of hydrogen-bond acceptors (Lipinski definition) is 3. The molecule has 4 heteroatoms. The van der Waals surface area contributed by atoms with E-state index in [1.165, 1.54) is 0 Å². The van der Waals surface area contributed by atoms with Crippen LogP contribution in [-0.2, 0) is 11.3 Å². The summed E-state index contributed by atoms with van der Waals surface area (Å²) in [5.74, 6) is 0.801. The van der Waals surface area contributed by atoms with Crippen molar-refractivity contribution in [2.24, 2.45) is 0 Å². The molecule has 1 heterocycles. The minimum Gasteiger partial charge on any atom is -0.493 e. The summed E-state index contributed by atoms with van der Waals surface area (Å²) in [4.78, 5) is 0. The molecule has 0 aliphatic carbocycles. The monoisotopic (exact) mass is 300 g/mol. The van der Waals surface area contributed by atoms with Gasteiger partial charge in [-0.25, -0.2) is 0 Å². The zero-order valence-electron chi connectivity index (χ0n) is 9.69. The van der Waals surface area contributed by atoms with E-state index in [1.54, 1.807) is 0 Å². The summed E-state index contributed by atoms with van der Waals surface area (Å²) in [5.41, 5.74) is 0.847. The van der Waals surface area contributed by atoms with Gasteiger partial charge in [0.15, 0.2) is 0 Å². The van der Waals surface area contributed by atoms with Crippen LogP contribution in [-0.4, -0.2) is 24.4 Å². The Kier molecular flexibility index (Phi) is 4.83. The molecular formula is C13H17BrO3. The molecule has 1 unspecified atom stereocenters. The second kappa shape index (κ2) is 6.38. The number of benzene rings is 1. The summed E-state index contributed by atoms with van der Waals surface area (Å²) >= 11 is 3.38. The summed E-state index contributed by atoms with van der Waals surface area (Å²) in [6.07, 6.45) is 3.61. The third-order valence-electron chi connectivity index (χ3n) is 2.92. The standard InChI is InChI=1S/C13H17BrO3/c14-13-4-3-12(8-10(13)9-15)17-7-5-11-2-1-6-16-11/h3-4,8,11,15H,1-2,5-7,9H2.